The molecule has 0 aliphatic carbocycles. The molecule has 10 heteroatoms. The van der Waals surface area contributed by atoms with Crippen molar-refractivity contribution < 1.29 is 27.5 Å². The predicted octanol–water partition coefficient (Wildman–Crippen LogP) is 3.97. The lowest BCUT2D eigenvalue weighted by molar-refractivity contribution is -0.140. The van der Waals surface area contributed by atoms with Crippen molar-refractivity contribution in [2.75, 3.05) is 30.8 Å². The molecule has 0 spiro atoms. The van der Waals surface area contributed by atoms with Crippen LogP contribution in [0.5, 0.6) is 11.5 Å². The van der Waals surface area contributed by atoms with Crippen LogP contribution in [0.3, 0.4) is 0 Å². The van der Waals surface area contributed by atoms with E-state index in [1.54, 1.807) is 43.2 Å². The summed E-state index contributed by atoms with van der Waals surface area (Å²) in [5.74, 6) is 0.689. The van der Waals surface area contributed by atoms with Crippen LogP contribution in [0.1, 0.15) is 52.5 Å². The molecule has 0 aromatic heterocycles. The number of sulfonamides is 1. The monoisotopic (exact) mass is 547 g/mol. The van der Waals surface area contributed by atoms with E-state index < -0.39 is 16.1 Å². The van der Waals surface area contributed by atoms with Crippen molar-refractivity contribution in [2.24, 2.45) is 0 Å². The highest BCUT2D eigenvalue weighted by atomic mass is 32.2. The van der Waals surface area contributed by atoms with Crippen molar-refractivity contribution in [1.82, 2.24) is 10.2 Å². The lowest BCUT2D eigenvalue weighted by Gasteiger charge is -2.30. The Morgan fingerprint density at radius 1 is 1.03 bits per heavy atom. The summed E-state index contributed by atoms with van der Waals surface area (Å²) in [6.45, 7) is 8.16. The molecular formula is C28H41N3O6S. The van der Waals surface area contributed by atoms with Crippen LogP contribution in [0.15, 0.2) is 48.5 Å². The highest BCUT2D eigenvalue weighted by molar-refractivity contribution is 7.92. The molecular weight excluding hydrogens is 506 g/mol. The van der Waals surface area contributed by atoms with Crippen LogP contribution in [0.2, 0.25) is 0 Å². The number of carbonyl (C=O) groups excluding carboxylic acids is 2. The Morgan fingerprint density at radius 2 is 1.68 bits per heavy atom. The van der Waals surface area contributed by atoms with Gasteiger partial charge in [-0.3, -0.25) is 13.9 Å². The Morgan fingerprint density at radius 3 is 2.26 bits per heavy atom. The molecule has 0 heterocycles. The lowest BCUT2D eigenvalue weighted by Crippen LogP contribution is -2.49. The SMILES string of the molecule is CCOc1ccccc1N(CCCC(=O)N(Cc1ccc(OC)cc1)C(C)C(=O)NC(C)CC)S(C)(=O)=O. The number of hydrogen-bond acceptors (Lipinski definition) is 6. The number of anilines is 1. The highest BCUT2D eigenvalue weighted by Gasteiger charge is 2.27. The van der Waals surface area contributed by atoms with Gasteiger partial charge in [0.1, 0.15) is 17.5 Å². The van der Waals surface area contributed by atoms with Crippen LogP contribution in [-0.2, 0) is 26.2 Å². The standard InChI is InChI=1S/C28H41N3O6S/c1-7-21(3)29-28(33)22(4)30(20-23-15-17-24(36-5)18-16-23)27(32)14-11-19-31(38(6,34)35)25-12-9-10-13-26(25)37-8-2/h9-10,12-13,15-18,21-22H,7-8,11,14,19-20H2,1-6H3,(H,29,33). The summed E-state index contributed by atoms with van der Waals surface area (Å²) < 4.78 is 37.4. The first-order chi connectivity index (χ1) is 18.0. The van der Waals surface area contributed by atoms with Crippen LogP contribution in [0, 0.1) is 0 Å². The third-order valence-electron chi connectivity index (χ3n) is 6.27. The number of hydrogen-bond donors (Lipinski definition) is 1. The molecule has 2 amide bonds. The zero-order valence-corrected chi connectivity index (χ0v) is 24.1. The van der Waals surface area contributed by atoms with Gasteiger partial charge < -0.3 is 19.7 Å². The van der Waals surface area contributed by atoms with Gasteiger partial charge in [-0.2, -0.15) is 0 Å². The van der Waals surface area contributed by atoms with Gasteiger partial charge >= 0.3 is 0 Å². The normalized spacial score (nSPS) is 12.8. The minimum Gasteiger partial charge on any atom is -0.497 e. The summed E-state index contributed by atoms with van der Waals surface area (Å²) in [4.78, 5) is 27.9. The molecule has 210 valence electrons. The number of ether oxygens (including phenoxy) is 2. The molecule has 2 aromatic rings. The third kappa shape index (κ3) is 8.93. The molecule has 0 aliphatic rings. The van der Waals surface area contributed by atoms with Crippen molar-refractivity contribution in [3.63, 3.8) is 0 Å². The molecule has 0 radical (unpaired) electrons. The number of carbonyl (C=O) groups is 2. The number of nitrogens with zero attached hydrogens (tertiary/aromatic N) is 2. The molecule has 0 aliphatic heterocycles. The van der Waals surface area contributed by atoms with Gasteiger partial charge in [-0.15, -0.1) is 0 Å². The maximum absolute atomic E-state index is 13.4. The molecule has 2 atom stereocenters. The number of benzene rings is 2. The molecule has 2 unspecified atom stereocenters. The molecule has 0 fully saturated rings. The van der Waals surface area contributed by atoms with E-state index in [9.17, 15) is 18.0 Å². The van der Waals surface area contributed by atoms with Gasteiger partial charge in [0.2, 0.25) is 21.8 Å². The maximum atomic E-state index is 13.4. The second kappa shape index (κ2) is 14.6. The molecule has 1 N–H and O–H groups in total. The van der Waals surface area contributed by atoms with E-state index in [0.29, 0.717) is 23.8 Å². The first-order valence-electron chi connectivity index (χ1n) is 12.9. The van der Waals surface area contributed by atoms with E-state index >= 15 is 0 Å². The molecule has 0 saturated carbocycles. The van der Waals surface area contributed by atoms with Gasteiger partial charge in [0.05, 0.1) is 25.7 Å². The maximum Gasteiger partial charge on any atom is 0.242 e. The summed E-state index contributed by atoms with van der Waals surface area (Å²) in [6.07, 6.45) is 2.25. The Kier molecular flexibility index (Phi) is 11.9. The van der Waals surface area contributed by atoms with Crippen molar-refractivity contribution in [2.45, 2.75) is 65.6 Å². The van der Waals surface area contributed by atoms with Gasteiger partial charge in [-0.05, 0) is 63.4 Å². The van der Waals surface area contributed by atoms with Gasteiger partial charge in [0.25, 0.3) is 0 Å². The Bertz CT molecular complexity index is 1150. The molecule has 9 nitrogen and oxygen atoms in total. The molecule has 2 aromatic carbocycles. The van der Waals surface area contributed by atoms with E-state index in [0.717, 1.165) is 18.2 Å². The summed E-state index contributed by atoms with van der Waals surface area (Å²) in [5, 5.41) is 2.95. The Labute approximate surface area is 227 Å². The smallest absolute Gasteiger partial charge is 0.242 e. The quantitative estimate of drug-likeness (QED) is 0.362. The Hall–Kier alpha value is -3.27. The molecule has 38 heavy (non-hydrogen) atoms. The largest absolute Gasteiger partial charge is 0.497 e. The van der Waals surface area contributed by atoms with E-state index in [1.807, 2.05) is 45.0 Å². The van der Waals surface area contributed by atoms with Crippen LogP contribution < -0.4 is 19.1 Å². The second-order valence-electron chi connectivity index (χ2n) is 9.20. The topological polar surface area (TPSA) is 105 Å². The van der Waals surface area contributed by atoms with Crippen LogP contribution >= 0.6 is 0 Å². The zero-order chi connectivity index (χ0) is 28.3. The summed E-state index contributed by atoms with van der Waals surface area (Å²) in [7, 11) is -2.04. The van der Waals surface area contributed by atoms with Crippen LogP contribution in [-0.4, -0.2) is 63.7 Å². The van der Waals surface area contributed by atoms with Crippen molar-refractivity contribution in [3.8, 4) is 11.5 Å². The van der Waals surface area contributed by atoms with Gasteiger partial charge in [0.15, 0.2) is 0 Å². The van der Waals surface area contributed by atoms with E-state index in [4.69, 9.17) is 9.47 Å². The fraction of sp³-hybridized carbons (Fsp3) is 0.500. The van der Waals surface area contributed by atoms with Crippen molar-refractivity contribution in [1.29, 1.82) is 0 Å². The van der Waals surface area contributed by atoms with Crippen molar-refractivity contribution in [3.05, 3.63) is 54.1 Å². The molecule has 2 rings (SSSR count). The predicted molar refractivity (Wildman–Crippen MR) is 150 cm³/mol. The van der Waals surface area contributed by atoms with Gasteiger partial charge in [0, 0.05) is 25.6 Å². The number of nitrogens with one attached hydrogen (secondary N) is 1. The van der Waals surface area contributed by atoms with E-state index in [1.165, 1.54) is 4.31 Å². The first kappa shape index (κ1) is 31.0. The van der Waals surface area contributed by atoms with E-state index in [-0.39, 0.29) is 43.8 Å². The first-order valence-corrected chi connectivity index (χ1v) is 14.8. The average molecular weight is 548 g/mol. The minimum absolute atomic E-state index is 0.0170. The average Bonchev–Trinajstić information content (AvgIpc) is 2.89. The number of methoxy groups -OCH3 is 1. The zero-order valence-electron chi connectivity index (χ0n) is 23.3. The number of para-hydroxylation sites is 2. The number of amides is 2. The highest BCUT2D eigenvalue weighted by Crippen LogP contribution is 2.30. The van der Waals surface area contributed by atoms with Crippen LogP contribution in [0.25, 0.3) is 0 Å². The molecule has 0 bridgehead atoms. The summed E-state index contributed by atoms with van der Waals surface area (Å²) in [6, 6.07) is 13.5. The van der Waals surface area contributed by atoms with Crippen molar-refractivity contribution >= 4 is 27.5 Å². The minimum atomic E-state index is -3.63. The Balaban J connectivity index is 2.21. The van der Waals surface area contributed by atoms with Gasteiger partial charge in [-0.1, -0.05) is 31.2 Å². The third-order valence-corrected chi connectivity index (χ3v) is 7.45. The number of rotatable bonds is 15. The summed E-state index contributed by atoms with van der Waals surface area (Å²) in [5.41, 5.74) is 1.28. The molecule has 0 saturated heterocycles. The second-order valence-corrected chi connectivity index (χ2v) is 11.1. The fourth-order valence-electron chi connectivity index (χ4n) is 3.90. The summed E-state index contributed by atoms with van der Waals surface area (Å²) >= 11 is 0. The fourth-order valence-corrected chi connectivity index (χ4v) is 4.87. The lowest BCUT2D eigenvalue weighted by atomic mass is 10.1. The van der Waals surface area contributed by atoms with Gasteiger partial charge in [-0.25, -0.2) is 8.42 Å². The van der Waals surface area contributed by atoms with Crippen LogP contribution in [0.4, 0.5) is 5.69 Å². The van der Waals surface area contributed by atoms with E-state index in [2.05, 4.69) is 5.32 Å².